The molecule has 0 amide bonds. The minimum atomic E-state index is 0.347. The van der Waals surface area contributed by atoms with E-state index in [2.05, 4.69) is 59.9 Å². The number of hydrogen-bond acceptors (Lipinski definition) is 3. The summed E-state index contributed by atoms with van der Waals surface area (Å²) in [5, 5.41) is 5.64. The van der Waals surface area contributed by atoms with Gasteiger partial charge in [-0.25, -0.2) is 4.98 Å². The van der Waals surface area contributed by atoms with Gasteiger partial charge in [-0.05, 0) is 31.4 Å². The third-order valence-corrected chi connectivity index (χ3v) is 3.90. The lowest BCUT2D eigenvalue weighted by Crippen LogP contribution is -2.21. The first kappa shape index (κ1) is 13.2. The second-order valence-corrected chi connectivity index (χ2v) is 5.41. The van der Waals surface area contributed by atoms with E-state index in [0.29, 0.717) is 12.0 Å². The highest BCUT2D eigenvalue weighted by molar-refractivity contribution is 7.07. The van der Waals surface area contributed by atoms with Gasteiger partial charge in [-0.1, -0.05) is 37.3 Å². The second-order valence-electron chi connectivity index (χ2n) is 4.69. The van der Waals surface area contributed by atoms with Gasteiger partial charge in [-0.3, -0.25) is 0 Å². The molecule has 2 unspecified atom stereocenters. The summed E-state index contributed by atoms with van der Waals surface area (Å²) < 4.78 is 0. The zero-order valence-corrected chi connectivity index (χ0v) is 11.8. The van der Waals surface area contributed by atoms with Crippen LogP contribution in [0.4, 0.5) is 0 Å². The van der Waals surface area contributed by atoms with Crippen molar-refractivity contribution in [2.45, 2.75) is 32.2 Å². The summed E-state index contributed by atoms with van der Waals surface area (Å²) >= 11 is 1.65. The smallest absolute Gasteiger partial charge is 0.0795 e. The summed E-state index contributed by atoms with van der Waals surface area (Å²) in [7, 11) is 0. The Kier molecular flexibility index (Phi) is 4.90. The molecule has 2 atom stereocenters. The normalized spacial score (nSPS) is 14.3. The van der Waals surface area contributed by atoms with Gasteiger partial charge in [0.2, 0.25) is 0 Å². The number of aromatic nitrogens is 1. The monoisotopic (exact) mass is 260 g/mol. The minimum absolute atomic E-state index is 0.347. The number of benzene rings is 1. The van der Waals surface area contributed by atoms with Crippen LogP contribution < -0.4 is 5.32 Å². The standard InChI is InChI=1S/C15H20N2S/c1-12(14-6-4-3-5-7-14)8-9-16-13(2)15-10-18-11-17-15/h3-7,10-13,16H,8-9H2,1-2H3. The molecular formula is C15H20N2S. The van der Waals surface area contributed by atoms with Crippen LogP contribution in [0.15, 0.2) is 41.2 Å². The van der Waals surface area contributed by atoms with E-state index < -0.39 is 0 Å². The van der Waals surface area contributed by atoms with E-state index in [1.165, 1.54) is 5.56 Å². The van der Waals surface area contributed by atoms with E-state index >= 15 is 0 Å². The highest BCUT2D eigenvalue weighted by Gasteiger charge is 2.08. The Bertz CT molecular complexity index is 439. The Balaban J connectivity index is 1.76. The molecule has 3 heteroatoms. The van der Waals surface area contributed by atoms with Gasteiger partial charge < -0.3 is 5.32 Å². The van der Waals surface area contributed by atoms with Crippen LogP contribution in [0.5, 0.6) is 0 Å². The predicted octanol–water partition coefficient (Wildman–Crippen LogP) is 3.99. The van der Waals surface area contributed by atoms with Gasteiger partial charge in [0.15, 0.2) is 0 Å². The molecule has 2 rings (SSSR count). The molecule has 2 nitrogen and oxygen atoms in total. The van der Waals surface area contributed by atoms with E-state index in [0.717, 1.165) is 18.7 Å². The number of rotatable bonds is 6. The van der Waals surface area contributed by atoms with E-state index in [-0.39, 0.29) is 0 Å². The Hall–Kier alpha value is -1.19. The first-order chi connectivity index (χ1) is 8.77. The molecule has 0 radical (unpaired) electrons. The second kappa shape index (κ2) is 6.66. The Morgan fingerprint density at radius 1 is 1.22 bits per heavy atom. The fourth-order valence-electron chi connectivity index (χ4n) is 2.00. The SMILES string of the molecule is CC(CCNC(C)c1cscn1)c1ccccc1. The van der Waals surface area contributed by atoms with Crippen LogP contribution in [-0.4, -0.2) is 11.5 Å². The number of nitrogens with zero attached hydrogens (tertiary/aromatic N) is 1. The van der Waals surface area contributed by atoms with Crippen molar-refractivity contribution in [2.24, 2.45) is 0 Å². The largest absolute Gasteiger partial charge is 0.309 e. The molecular weight excluding hydrogens is 240 g/mol. The molecule has 0 spiro atoms. The van der Waals surface area contributed by atoms with Gasteiger partial charge in [-0.15, -0.1) is 11.3 Å². The van der Waals surface area contributed by atoms with Gasteiger partial charge in [-0.2, -0.15) is 0 Å². The Labute approximate surface area is 113 Å². The van der Waals surface area contributed by atoms with Gasteiger partial charge in [0.25, 0.3) is 0 Å². The Morgan fingerprint density at radius 3 is 2.67 bits per heavy atom. The molecule has 18 heavy (non-hydrogen) atoms. The van der Waals surface area contributed by atoms with Crippen molar-refractivity contribution in [3.8, 4) is 0 Å². The van der Waals surface area contributed by atoms with Gasteiger partial charge in [0, 0.05) is 11.4 Å². The first-order valence-corrected chi connectivity index (χ1v) is 7.38. The quantitative estimate of drug-likeness (QED) is 0.849. The van der Waals surface area contributed by atoms with Crippen molar-refractivity contribution in [1.29, 1.82) is 0 Å². The van der Waals surface area contributed by atoms with E-state index in [1.54, 1.807) is 11.3 Å². The molecule has 0 bridgehead atoms. The summed E-state index contributed by atoms with van der Waals surface area (Å²) in [5.74, 6) is 0.598. The fourth-order valence-corrected chi connectivity index (χ4v) is 2.65. The maximum atomic E-state index is 4.33. The zero-order chi connectivity index (χ0) is 12.8. The summed E-state index contributed by atoms with van der Waals surface area (Å²) in [6.45, 7) is 5.47. The lowest BCUT2D eigenvalue weighted by atomic mass is 9.98. The molecule has 2 aromatic rings. The van der Waals surface area contributed by atoms with Crippen LogP contribution in [0, 0.1) is 0 Å². The van der Waals surface area contributed by atoms with Crippen molar-refractivity contribution in [3.05, 3.63) is 52.5 Å². The number of nitrogens with one attached hydrogen (secondary N) is 1. The van der Waals surface area contributed by atoms with Gasteiger partial charge >= 0.3 is 0 Å². The third kappa shape index (κ3) is 3.65. The van der Waals surface area contributed by atoms with Gasteiger partial charge in [0.05, 0.1) is 11.2 Å². The van der Waals surface area contributed by atoms with Crippen molar-refractivity contribution in [1.82, 2.24) is 10.3 Å². The van der Waals surface area contributed by atoms with Crippen LogP contribution >= 0.6 is 11.3 Å². The third-order valence-electron chi connectivity index (χ3n) is 3.29. The van der Waals surface area contributed by atoms with E-state index in [1.807, 2.05) is 5.51 Å². The summed E-state index contributed by atoms with van der Waals surface area (Å²) in [4.78, 5) is 4.33. The van der Waals surface area contributed by atoms with Gasteiger partial charge in [0.1, 0.15) is 0 Å². The van der Waals surface area contributed by atoms with Crippen molar-refractivity contribution >= 4 is 11.3 Å². The molecule has 0 aliphatic heterocycles. The lowest BCUT2D eigenvalue weighted by Gasteiger charge is -2.15. The Morgan fingerprint density at radius 2 is 2.00 bits per heavy atom. The lowest BCUT2D eigenvalue weighted by molar-refractivity contribution is 0.524. The molecule has 1 N–H and O–H groups in total. The summed E-state index contributed by atoms with van der Waals surface area (Å²) in [6.07, 6.45) is 1.15. The number of hydrogen-bond donors (Lipinski definition) is 1. The van der Waals surface area contributed by atoms with Crippen LogP contribution in [0.1, 0.15) is 43.5 Å². The highest BCUT2D eigenvalue weighted by Crippen LogP contribution is 2.18. The van der Waals surface area contributed by atoms with Crippen LogP contribution in [0.2, 0.25) is 0 Å². The summed E-state index contributed by atoms with van der Waals surface area (Å²) in [6, 6.07) is 11.0. The molecule has 0 aliphatic carbocycles. The predicted molar refractivity (Wildman–Crippen MR) is 78.0 cm³/mol. The van der Waals surface area contributed by atoms with Crippen molar-refractivity contribution in [2.75, 3.05) is 6.54 Å². The van der Waals surface area contributed by atoms with Crippen molar-refractivity contribution in [3.63, 3.8) is 0 Å². The molecule has 0 saturated heterocycles. The molecule has 0 saturated carbocycles. The average molecular weight is 260 g/mol. The average Bonchev–Trinajstić information content (AvgIpc) is 2.93. The minimum Gasteiger partial charge on any atom is -0.309 e. The molecule has 1 aromatic heterocycles. The molecule has 0 aliphatic rings. The van der Waals surface area contributed by atoms with Crippen LogP contribution in [-0.2, 0) is 0 Å². The summed E-state index contributed by atoms with van der Waals surface area (Å²) in [5.41, 5.74) is 4.45. The molecule has 1 heterocycles. The zero-order valence-electron chi connectivity index (χ0n) is 11.0. The molecule has 1 aromatic carbocycles. The number of thiazole rings is 1. The van der Waals surface area contributed by atoms with Crippen LogP contribution in [0.3, 0.4) is 0 Å². The fraction of sp³-hybridized carbons (Fsp3) is 0.400. The topological polar surface area (TPSA) is 24.9 Å². The van der Waals surface area contributed by atoms with E-state index in [9.17, 15) is 0 Å². The maximum absolute atomic E-state index is 4.33. The first-order valence-electron chi connectivity index (χ1n) is 6.44. The molecule has 96 valence electrons. The van der Waals surface area contributed by atoms with Crippen LogP contribution in [0.25, 0.3) is 0 Å². The highest BCUT2D eigenvalue weighted by atomic mass is 32.1. The van der Waals surface area contributed by atoms with Crippen molar-refractivity contribution < 1.29 is 0 Å². The maximum Gasteiger partial charge on any atom is 0.0795 e. The van der Waals surface area contributed by atoms with E-state index in [4.69, 9.17) is 0 Å². The molecule has 0 fully saturated rings.